The molecule has 0 aromatic heterocycles. The zero-order chi connectivity index (χ0) is 79.8. The average Bonchev–Trinajstić information content (AvgIpc) is 0.797. The average molecular weight is 1530 g/mol. The lowest BCUT2D eigenvalue weighted by molar-refractivity contribution is -0.147. The van der Waals surface area contributed by atoms with Crippen LogP contribution in [0.4, 0.5) is 43.2 Å². The molecular weight excluding hydrogens is 1420 g/mol. The first-order chi connectivity index (χ1) is 52.9. The predicted molar refractivity (Wildman–Crippen MR) is 408 cm³/mol. The summed E-state index contributed by atoms with van der Waals surface area (Å²) >= 11 is 0. The first kappa shape index (κ1) is 88.8. The quantitative estimate of drug-likeness (QED) is 0.0122. The maximum absolute atomic E-state index is 12.6. The summed E-state index contributed by atoms with van der Waals surface area (Å²) in [5, 5.41) is 16.0. The highest BCUT2D eigenvalue weighted by Gasteiger charge is 2.42. The summed E-state index contributed by atoms with van der Waals surface area (Å²) in [6.07, 6.45) is -1.05. The molecular formula is C81H107N9O20. The van der Waals surface area contributed by atoms with Gasteiger partial charge in [-0.1, -0.05) is 191 Å². The van der Waals surface area contributed by atoms with Gasteiger partial charge in [0.1, 0.15) is 33.0 Å². The van der Waals surface area contributed by atoms with Gasteiger partial charge in [-0.05, 0) is 93.9 Å². The molecule has 0 radical (unpaired) electrons. The van der Waals surface area contributed by atoms with E-state index in [1.807, 2.05) is 170 Å². The van der Waals surface area contributed by atoms with Crippen LogP contribution >= 0.6 is 0 Å². The van der Waals surface area contributed by atoms with Gasteiger partial charge in [0, 0.05) is 92.9 Å². The molecule has 0 bridgehead atoms. The van der Waals surface area contributed by atoms with Gasteiger partial charge < -0.3 is 94.0 Å². The lowest BCUT2D eigenvalue weighted by atomic mass is 9.60. The molecule has 6 N–H and O–H groups in total. The molecule has 0 spiro atoms. The molecule has 29 nitrogen and oxygen atoms in total. The Morgan fingerprint density at radius 2 is 0.736 bits per heavy atom. The van der Waals surface area contributed by atoms with Crippen LogP contribution in [0.25, 0.3) is 0 Å². The molecule has 0 heterocycles. The summed E-state index contributed by atoms with van der Waals surface area (Å²) in [6.45, 7) is 12.2. The molecule has 1 fully saturated rings. The molecule has 6 aromatic carbocycles. The first-order valence-electron chi connectivity index (χ1n) is 36.3. The molecule has 9 amide bonds. The van der Waals surface area contributed by atoms with Crippen LogP contribution < -0.4 is 31.9 Å². The second-order valence-electron chi connectivity index (χ2n) is 26.9. The van der Waals surface area contributed by atoms with Crippen molar-refractivity contribution in [1.82, 2.24) is 46.6 Å². The molecule has 7 rings (SSSR count). The standard InChI is InChI=1S/C35H49N3O8.2C23H29N3O6/c1-34(2)21-29(20-30(39)43-16-18-45-32(41)37(4)23-27-12-8-6-9-13-27)22-35(3,25-34)26-36-31(40)44-17-19-46-33(42)38(5)24-28-14-10-7-11-15-28;1-26(17-18-8-4-3-5-9-18)23(29)32-13-7-12-31-22(28)25-16-20-11-6-10-19(14-20)15-24-21(27)30-2;1-2-30-22(28)25-15-19-10-6-11-20(14-19)16-26-23(29)31-13-7-12-24-21(27)32-17-18-8-4-3-5-9-18/h6-15,29H,16-26H2,1-5H3,(H,36,40);3-6,8-11,14H,7,12-13,15-17H2,1-2H3,(H,24,27)(H,25,28);3-6,8-11,14H,2,7,12-13,15-17H2,1H3,(H,24,27)(H,25,28)(H,26,29). The van der Waals surface area contributed by atoms with E-state index in [-0.39, 0.29) is 95.1 Å². The van der Waals surface area contributed by atoms with Crippen LogP contribution in [0.5, 0.6) is 0 Å². The molecule has 596 valence electrons. The van der Waals surface area contributed by atoms with Crippen molar-refractivity contribution >= 4 is 60.8 Å². The van der Waals surface area contributed by atoms with Crippen molar-refractivity contribution in [2.75, 3.05) is 94.2 Å². The topological polar surface area (TPSA) is 345 Å². The van der Waals surface area contributed by atoms with Crippen LogP contribution in [0.2, 0.25) is 0 Å². The van der Waals surface area contributed by atoms with Gasteiger partial charge in [0.05, 0.1) is 33.5 Å². The molecule has 110 heavy (non-hydrogen) atoms. The molecule has 0 aliphatic heterocycles. The number of carbonyl (C=O) groups excluding carboxylic acids is 10. The van der Waals surface area contributed by atoms with Crippen molar-refractivity contribution < 1.29 is 95.3 Å². The van der Waals surface area contributed by atoms with Crippen LogP contribution in [0.15, 0.2) is 170 Å². The third-order valence-electron chi connectivity index (χ3n) is 16.5. The van der Waals surface area contributed by atoms with Crippen LogP contribution in [0, 0.1) is 16.7 Å². The van der Waals surface area contributed by atoms with Gasteiger partial charge in [-0.25, -0.2) is 43.2 Å². The number of methoxy groups -OCH3 is 1. The number of ether oxygens (including phenoxy) is 10. The molecule has 2 atom stereocenters. The number of rotatable bonds is 35. The Balaban J connectivity index is 0.000000303. The summed E-state index contributed by atoms with van der Waals surface area (Å²) in [5.41, 5.74) is 7.09. The minimum absolute atomic E-state index is 0.0108. The van der Waals surface area contributed by atoms with Gasteiger partial charge in [0.15, 0.2) is 0 Å². The summed E-state index contributed by atoms with van der Waals surface area (Å²) in [5.74, 6) is -0.263. The van der Waals surface area contributed by atoms with E-state index in [0.717, 1.165) is 63.8 Å². The predicted octanol–water partition coefficient (Wildman–Crippen LogP) is 12.9. The lowest BCUT2D eigenvalue weighted by Gasteiger charge is -2.46. The van der Waals surface area contributed by atoms with Crippen molar-refractivity contribution in [3.05, 3.63) is 214 Å². The minimum atomic E-state index is -0.585. The highest BCUT2D eigenvalue weighted by Crippen LogP contribution is 2.49. The number of amides is 9. The Morgan fingerprint density at radius 1 is 0.382 bits per heavy atom. The third kappa shape index (κ3) is 38.7. The molecule has 2 unspecified atom stereocenters. The second-order valence-corrected chi connectivity index (χ2v) is 26.9. The Morgan fingerprint density at radius 3 is 1.18 bits per heavy atom. The number of benzene rings is 6. The largest absolute Gasteiger partial charge is 0.462 e. The van der Waals surface area contributed by atoms with Gasteiger partial charge in [0.2, 0.25) is 0 Å². The monoisotopic (exact) mass is 1530 g/mol. The third-order valence-corrected chi connectivity index (χ3v) is 16.5. The van der Waals surface area contributed by atoms with Crippen molar-refractivity contribution in [3.8, 4) is 0 Å². The van der Waals surface area contributed by atoms with E-state index in [1.165, 1.54) is 21.8 Å². The molecule has 1 aliphatic rings. The first-order valence-corrected chi connectivity index (χ1v) is 36.3. The van der Waals surface area contributed by atoms with Gasteiger partial charge >= 0.3 is 60.8 Å². The summed E-state index contributed by atoms with van der Waals surface area (Å²) in [7, 11) is 6.27. The maximum atomic E-state index is 12.6. The van der Waals surface area contributed by atoms with Gasteiger partial charge in [0.25, 0.3) is 0 Å². The number of hydrogen-bond donors (Lipinski definition) is 6. The second kappa shape index (κ2) is 50.0. The van der Waals surface area contributed by atoms with Crippen molar-refractivity contribution in [2.24, 2.45) is 16.7 Å². The molecule has 1 saturated carbocycles. The van der Waals surface area contributed by atoms with E-state index in [2.05, 4.69) is 57.4 Å². The Hall–Kier alpha value is -11.8. The fourth-order valence-electron chi connectivity index (χ4n) is 11.7. The van der Waals surface area contributed by atoms with Crippen LogP contribution in [0.1, 0.15) is 111 Å². The van der Waals surface area contributed by atoms with E-state index in [4.69, 9.17) is 42.6 Å². The number of esters is 1. The highest BCUT2D eigenvalue weighted by molar-refractivity contribution is 5.72. The zero-order valence-electron chi connectivity index (χ0n) is 64.2. The van der Waals surface area contributed by atoms with Crippen molar-refractivity contribution in [1.29, 1.82) is 0 Å². The van der Waals surface area contributed by atoms with Crippen LogP contribution in [0.3, 0.4) is 0 Å². The SMILES string of the molecule is CCOC(=O)NCc1cccc(CNC(=O)OCCCNC(=O)OCc2ccccc2)c1.CN(Cc1ccccc1)C(=O)OCCOC(=O)CC1CC(C)(C)CC(C)(CNC(=O)OCCOC(=O)N(C)Cc2ccccc2)C1.COC(=O)NCc1cccc(CNC(=O)OCCCOC(=O)N(C)Cc2ccccc2)c1. The molecule has 29 heteroatoms. The number of nitrogens with one attached hydrogen (secondary N) is 6. The summed E-state index contributed by atoms with van der Waals surface area (Å²) in [6, 6.07) is 53.0. The van der Waals surface area contributed by atoms with E-state index < -0.39 is 54.8 Å². The van der Waals surface area contributed by atoms with Crippen LogP contribution in [-0.2, 0) is 105 Å². The summed E-state index contributed by atoms with van der Waals surface area (Å²) in [4.78, 5) is 124. The van der Waals surface area contributed by atoms with Crippen molar-refractivity contribution in [3.63, 3.8) is 0 Å². The van der Waals surface area contributed by atoms with Crippen LogP contribution in [-0.4, -0.2) is 170 Å². The fraction of sp³-hybridized carbons (Fsp3) is 0.432. The van der Waals surface area contributed by atoms with Gasteiger partial charge in [-0.3, -0.25) is 4.79 Å². The van der Waals surface area contributed by atoms with E-state index in [0.29, 0.717) is 65.3 Å². The Bertz CT molecular complexity index is 3770. The number of carbonyl (C=O) groups is 10. The Labute approximate surface area is 643 Å². The number of hydrogen-bond acceptors (Lipinski definition) is 20. The fourth-order valence-corrected chi connectivity index (χ4v) is 11.7. The molecule has 0 saturated heterocycles. The number of nitrogens with zero attached hydrogens (tertiary/aromatic N) is 3. The maximum Gasteiger partial charge on any atom is 0.409 e. The minimum Gasteiger partial charge on any atom is -0.462 e. The zero-order valence-corrected chi connectivity index (χ0v) is 64.2. The Kier molecular flexibility index (Phi) is 40.4. The van der Waals surface area contributed by atoms with E-state index >= 15 is 0 Å². The van der Waals surface area contributed by atoms with Crippen molar-refractivity contribution in [2.45, 2.75) is 119 Å². The summed E-state index contributed by atoms with van der Waals surface area (Å²) < 4.78 is 50.9. The lowest BCUT2D eigenvalue weighted by Crippen LogP contribution is -2.44. The smallest absolute Gasteiger partial charge is 0.409 e. The molecule has 6 aromatic rings. The highest BCUT2D eigenvalue weighted by atomic mass is 16.6. The van der Waals surface area contributed by atoms with Gasteiger partial charge in [-0.15, -0.1) is 0 Å². The number of alkyl carbamates (subject to hydrolysis) is 6. The normalized spacial score (nSPS) is 13.6. The van der Waals surface area contributed by atoms with Gasteiger partial charge in [-0.2, -0.15) is 0 Å². The molecule has 1 aliphatic carbocycles. The van der Waals surface area contributed by atoms with E-state index in [9.17, 15) is 47.9 Å². The van der Waals surface area contributed by atoms with E-state index in [1.54, 1.807) is 28.1 Å².